The maximum absolute atomic E-state index is 13.5. The molecule has 0 saturated heterocycles. The van der Waals surface area contributed by atoms with Crippen LogP contribution in [-0.4, -0.2) is 33.2 Å². The van der Waals surface area contributed by atoms with Gasteiger partial charge in [-0.15, -0.1) is 0 Å². The SMILES string of the molecule is CCOc1ccccc1N(CC(=O)NN=C1CCCC1)S(=O)(=O)c1ccc(C)cc1. The minimum Gasteiger partial charge on any atom is -0.492 e. The summed E-state index contributed by atoms with van der Waals surface area (Å²) >= 11 is 0. The number of anilines is 1. The molecular weight excluding hydrogens is 402 g/mol. The highest BCUT2D eigenvalue weighted by atomic mass is 32.2. The first kappa shape index (κ1) is 21.8. The predicted molar refractivity (Wildman–Crippen MR) is 117 cm³/mol. The normalized spacial score (nSPS) is 13.7. The Labute approximate surface area is 177 Å². The van der Waals surface area contributed by atoms with Gasteiger partial charge in [-0.3, -0.25) is 9.10 Å². The van der Waals surface area contributed by atoms with E-state index in [1.807, 2.05) is 13.8 Å². The fourth-order valence-electron chi connectivity index (χ4n) is 3.28. The average molecular weight is 430 g/mol. The van der Waals surface area contributed by atoms with Crippen LogP contribution < -0.4 is 14.5 Å². The van der Waals surface area contributed by atoms with Crippen molar-refractivity contribution in [2.45, 2.75) is 44.4 Å². The van der Waals surface area contributed by atoms with Gasteiger partial charge in [-0.25, -0.2) is 13.8 Å². The van der Waals surface area contributed by atoms with E-state index in [1.165, 1.54) is 12.1 Å². The Morgan fingerprint density at radius 2 is 1.77 bits per heavy atom. The molecule has 1 fully saturated rings. The lowest BCUT2D eigenvalue weighted by Crippen LogP contribution is -2.40. The van der Waals surface area contributed by atoms with Crippen LogP contribution >= 0.6 is 0 Å². The standard InChI is InChI=1S/C22H27N3O4S/c1-3-29-21-11-7-6-10-20(21)25(16-22(26)24-23-18-8-4-5-9-18)30(27,28)19-14-12-17(2)13-15-19/h6-7,10-15H,3-5,8-9,16H2,1-2H3,(H,24,26). The summed E-state index contributed by atoms with van der Waals surface area (Å²) in [6, 6.07) is 13.3. The van der Waals surface area contributed by atoms with Crippen LogP contribution in [0.1, 0.15) is 38.2 Å². The molecule has 8 heteroatoms. The van der Waals surface area contributed by atoms with Gasteiger partial charge in [-0.2, -0.15) is 5.10 Å². The molecule has 1 N–H and O–H groups in total. The molecule has 0 unspecified atom stereocenters. The van der Waals surface area contributed by atoms with E-state index in [4.69, 9.17) is 4.74 Å². The number of hydrogen-bond donors (Lipinski definition) is 1. The topological polar surface area (TPSA) is 88.1 Å². The van der Waals surface area contributed by atoms with Gasteiger partial charge in [0, 0.05) is 5.71 Å². The Hall–Kier alpha value is -2.87. The number of aryl methyl sites for hydroxylation is 1. The van der Waals surface area contributed by atoms with Crippen molar-refractivity contribution in [1.82, 2.24) is 5.43 Å². The fraction of sp³-hybridized carbons (Fsp3) is 0.364. The predicted octanol–water partition coefficient (Wildman–Crippen LogP) is 3.64. The molecule has 7 nitrogen and oxygen atoms in total. The molecular formula is C22H27N3O4S. The first-order valence-electron chi connectivity index (χ1n) is 10.1. The number of carbonyl (C=O) groups is 1. The first-order chi connectivity index (χ1) is 14.4. The van der Waals surface area contributed by atoms with Crippen molar-refractivity contribution in [3.8, 4) is 5.75 Å². The summed E-state index contributed by atoms with van der Waals surface area (Å²) in [6.07, 6.45) is 3.84. The number of ether oxygens (including phenoxy) is 1. The number of para-hydroxylation sites is 2. The molecule has 1 aliphatic carbocycles. The first-order valence-corrected chi connectivity index (χ1v) is 11.5. The molecule has 0 bridgehead atoms. The van der Waals surface area contributed by atoms with Crippen molar-refractivity contribution in [2.24, 2.45) is 5.10 Å². The maximum atomic E-state index is 13.5. The molecule has 160 valence electrons. The zero-order chi connectivity index (χ0) is 21.6. The summed E-state index contributed by atoms with van der Waals surface area (Å²) in [5.74, 6) is -0.109. The van der Waals surface area contributed by atoms with Gasteiger partial charge in [0.05, 0.1) is 17.2 Å². The minimum absolute atomic E-state index is 0.106. The van der Waals surface area contributed by atoms with Crippen molar-refractivity contribution in [2.75, 3.05) is 17.5 Å². The molecule has 0 heterocycles. The Balaban J connectivity index is 1.95. The molecule has 0 atom stereocenters. The van der Waals surface area contributed by atoms with Crippen molar-refractivity contribution in [3.05, 3.63) is 54.1 Å². The van der Waals surface area contributed by atoms with E-state index >= 15 is 0 Å². The lowest BCUT2D eigenvalue weighted by molar-refractivity contribution is -0.119. The van der Waals surface area contributed by atoms with Gasteiger partial charge in [-0.1, -0.05) is 29.8 Å². The van der Waals surface area contributed by atoms with Gasteiger partial charge in [0.25, 0.3) is 15.9 Å². The Bertz CT molecular complexity index is 1010. The van der Waals surface area contributed by atoms with Crippen LogP contribution in [0.5, 0.6) is 5.75 Å². The van der Waals surface area contributed by atoms with Gasteiger partial charge < -0.3 is 4.74 Å². The van der Waals surface area contributed by atoms with Gasteiger partial charge in [-0.05, 0) is 63.8 Å². The summed E-state index contributed by atoms with van der Waals surface area (Å²) < 4.78 is 33.6. The Morgan fingerprint density at radius 3 is 2.43 bits per heavy atom. The van der Waals surface area contributed by atoms with Crippen LogP contribution in [0.4, 0.5) is 5.69 Å². The molecule has 30 heavy (non-hydrogen) atoms. The average Bonchev–Trinajstić information content (AvgIpc) is 3.25. The second kappa shape index (κ2) is 9.75. The lowest BCUT2D eigenvalue weighted by atomic mass is 10.2. The molecule has 0 aliphatic heterocycles. The van der Waals surface area contributed by atoms with Crippen LogP contribution in [0.25, 0.3) is 0 Å². The number of carbonyl (C=O) groups excluding carboxylic acids is 1. The van der Waals surface area contributed by atoms with Gasteiger partial charge in [0.15, 0.2) is 0 Å². The monoisotopic (exact) mass is 429 g/mol. The molecule has 3 rings (SSSR count). The molecule has 0 spiro atoms. The van der Waals surface area contributed by atoms with Crippen LogP contribution in [0.2, 0.25) is 0 Å². The second-order valence-electron chi connectivity index (χ2n) is 7.15. The number of nitrogens with zero attached hydrogens (tertiary/aromatic N) is 2. The van der Waals surface area contributed by atoms with Crippen LogP contribution in [0.3, 0.4) is 0 Å². The third-order valence-corrected chi connectivity index (χ3v) is 6.62. The highest BCUT2D eigenvalue weighted by Crippen LogP contribution is 2.32. The molecule has 1 saturated carbocycles. The number of hydrazone groups is 1. The Kier molecular flexibility index (Phi) is 7.10. The van der Waals surface area contributed by atoms with Gasteiger partial charge >= 0.3 is 0 Å². The van der Waals surface area contributed by atoms with E-state index in [2.05, 4.69) is 10.5 Å². The molecule has 1 amide bonds. The number of rotatable bonds is 8. The molecule has 2 aromatic rings. The summed E-state index contributed by atoms with van der Waals surface area (Å²) in [4.78, 5) is 12.7. The second-order valence-corrected chi connectivity index (χ2v) is 9.01. The van der Waals surface area contributed by atoms with Crippen molar-refractivity contribution in [3.63, 3.8) is 0 Å². The lowest BCUT2D eigenvalue weighted by Gasteiger charge is -2.25. The van der Waals surface area contributed by atoms with E-state index < -0.39 is 22.5 Å². The smallest absolute Gasteiger partial charge is 0.264 e. The zero-order valence-corrected chi connectivity index (χ0v) is 18.1. The van der Waals surface area contributed by atoms with Crippen LogP contribution in [0.15, 0.2) is 58.5 Å². The summed E-state index contributed by atoms with van der Waals surface area (Å²) in [7, 11) is -4.00. The van der Waals surface area contributed by atoms with Crippen molar-refractivity contribution < 1.29 is 17.9 Å². The molecule has 0 radical (unpaired) electrons. The van der Waals surface area contributed by atoms with E-state index in [0.29, 0.717) is 18.0 Å². The van der Waals surface area contributed by atoms with Crippen molar-refractivity contribution >= 4 is 27.3 Å². The highest BCUT2D eigenvalue weighted by Gasteiger charge is 2.29. The fourth-order valence-corrected chi connectivity index (χ4v) is 4.71. The van der Waals surface area contributed by atoms with Crippen molar-refractivity contribution in [1.29, 1.82) is 0 Å². The number of hydrogen-bond acceptors (Lipinski definition) is 5. The zero-order valence-electron chi connectivity index (χ0n) is 17.3. The summed E-state index contributed by atoms with van der Waals surface area (Å²) in [6.45, 7) is 3.67. The maximum Gasteiger partial charge on any atom is 0.264 e. The number of sulfonamides is 1. The van der Waals surface area contributed by atoms with Crippen LogP contribution in [-0.2, 0) is 14.8 Å². The minimum atomic E-state index is -4.00. The number of amides is 1. The van der Waals surface area contributed by atoms with E-state index in [-0.39, 0.29) is 4.90 Å². The summed E-state index contributed by atoms with van der Waals surface area (Å²) in [5.41, 5.74) is 4.70. The number of nitrogens with one attached hydrogen (secondary N) is 1. The third-order valence-electron chi connectivity index (χ3n) is 4.85. The van der Waals surface area contributed by atoms with Gasteiger partial charge in [0.2, 0.25) is 0 Å². The molecule has 0 aromatic heterocycles. The molecule has 1 aliphatic rings. The number of benzene rings is 2. The molecule has 2 aromatic carbocycles. The quantitative estimate of drug-likeness (QED) is 0.649. The third kappa shape index (κ3) is 5.18. The van der Waals surface area contributed by atoms with E-state index in [0.717, 1.165) is 41.3 Å². The largest absolute Gasteiger partial charge is 0.492 e. The van der Waals surface area contributed by atoms with E-state index in [1.54, 1.807) is 36.4 Å². The van der Waals surface area contributed by atoms with E-state index in [9.17, 15) is 13.2 Å². The Morgan fingerprint density at radius 1 is 1.10 bits per heavy atom. The highest BCUT2D eigenvalue weighted by molar-refractivity contribution is 7.92. The van der Waals surface area contributed by atoms with Gasteiger partial charge in [0.1, 0.15) is 12.3 Å². The van der Waals surface area contributed by atoms with Crippen LogP contribution in [0, 0.1) is 6.92 Å². The summed E-state index contributed by atoms with van der Waals surface area (Å²) in [5, 5.41) is 4.16.